The zero-order chi connectivity index (χ0) is 18.4. The van der Waals surface area contributed by atoms with E-state index >= 15 is 0 Å². The second kappa shape index (κ2) is 6.53. The van der Waals surface area contributed by atoms with Gasteiger partial charge < -0.3 is 4.98 Å². The summed E-state index contributed by atoms with van der Waals surface area (Å²) in [4.78, 5) is 6.30. The summed E-state index contributed by atoms with van der Waals surface area (Å²) in [6.45, 7) is 0. The van der Waals surface area contributed by atoms with Crippen molar-refractivity contribution in [3.63, 3.8) is 0 Å². The molecule has 0 aliphatic heterocycles. The molecule has 2 nitrogen and oxygen atoms in total. The van der Waals surface area contributed by atoms with Gasteiger partial charge in [0.05, 0.1) is 0 Å². The summed E-state index contributed by atoms with van der Waals surface area (Å²) in [6, 6.07) is 20.1. The van der Waals surface area contributed by atoms with Crippen LogP contribution in [0.25, 0.3) is 10.9 Å². The third kappa shape index (κ3) is 2.82. The van der Waals surface area contributed by atoms with Crippen molar-refractivity contribution in [1.82, 2.24) is 9.88 Å². The van der Waals surface area contributed by atoms with Gasteiger partial charge in [-0.25, -0.2) is 0 Å². The van der Waals surface area contributed by atoms with Crippen LogP contribution in [0.3, 0.4) is 0 Å². The molecule has 0 radical (unpaired) electrons. The van der Waals surface area contributed by atoms with Gasteiger partial charge in [-0.05, 0) is 81.6 Å². The summed E-state index contributed by atoms with van der Waals surface area (Å²) >= 11 is 0. The monoisotopic (exact) mass is 358 g/mol. The molecule has 2 heteroatoms. The van der Waals surface area contributed by atoms with Crippen LogP contribution in [0.2, 0.25) is 0 Å². The number of fused-ring (bicyclic) bond motifs is 1. The van der Waals surface area contributed by atoms with E-state index < -0.39 is 0 Å². The van der Waals surface area contributed by atoms with Crippen LogP contribution in [-0.4, -0.2) is 24.0 Å². The van der Waals surface area contributed by atoms with Crippen molar-refractivity contribution in [1.29, 1.82) is 0 Å². The average Bonchev–Trinajstić information content (AvgIpc) is 3.48. The molecule has 0 atom stereocenters. The Hall–Kier alpha value is -2.06. The van der Waals surface area contributed by atoms with Crippen molar-refractivity contribution in [3.8, 4) is 0 Å². The zero-order valence-corrected chi connectivity index (χ0v) is 16.5. The predicted molar refractivity (Wildman–Crippen MR) is 113 cm³/mol. The Balaban J connectivity index is 1.47. The van der Waals surface area contributed by atoms with E-state index in [0.29, 0.717) is 5.92 Å². The first-order valence-corrected chi connectivity index (χ1v) is 10.5. The number of hydrogen-bond acceptors (Lipinski definition) is 1. The van der Waals surface area contributed by atoms with E-state index in [1.54, 1.807) is 11.3 Å². The minimum Gasteiger partial charge on any atom is -0.358 e. The number of aromatic amines is 1. The first kappa shape index (κ1) is 17.1. The maximum Gasteiger partial charge on any atom is 0.0459 e. The van der Waals surface area contributed by atoms with E-state index in [1.807, 2.05) is 0 Å². The SMILES string of the molecule is CN(C)C1(c2ccccc2)CCC(c2[nH]c3ccccc3c2C2CC2)CC1. The Kier molecular flexibility index (Phi) is 4.12. The van der Waals surface area contributed by atoms with Crippen LogP contribution >= 0.6 is 0 Å². The fourth-order valence-corrected chi connectivity index (χ4v) is 5.44. The van der Waals surface area contributed by atoms with Crippen LogP contribution in [0.4, 0.5) is 0 Å². The lowest BCUT2D eigenvalue weighted by molar-refractivity contribution is 0.0903. The van der Waals surface area contributed by atoms with Crippen LogP contribution in [0.5, 0.6) is 0 Å². The maximum atomic E-state index is 3.84. The minimum atomic E-state index is 0.184. The molecule has 0 spiro atoms. The molecule has 1 heterocycles. The van der Waals surface area contributed by atoms with Gasteiger partial charge in [-0.2, -0.15) is 0 Å². The Bertz CT molecular complexity index is 925. The molecule has 5 rings (SSSR count). The highest BCUT2D eigenvalue weighted by molar-refractivity contribution is 5.86. The number of rotatable bonds is 4. The molecule has 27 heavy (non-hydrogen) atoms. The molecule has 0 bridgehead atoms. The molecule has 0 amide bonds. The van der Waals surface area contributed by atoms with E-state index in [1.165, 1.54) is 55.0 Å². The molecule has 2 aliphatic carbocycles. The Morgan fingerprint density at radius 1 is 0.815 bits per heavy atom. The smallest absolute Gasteiger partial charge is 0.0459 e. The molecule has 2 aromatic carbocycles. The molecule has 1 aromatic heterocycles. The fraction of sp³-hybridized carbons (Fsp3) is 0.440. The van der Waals surface area contributed by atoms with Crippen LogP contribution < -0.4 is 0 Å². The molecule has 2 fully saturated rings. The van der Waals surface area contributed by atoms with Gasteiger partial charge in [0.1, 0.15) is 0 Å². The van der Waals surface area contributed by atoms with Crippen molar-refractivity contribution >= 4 is 10.9 Å². The van der Waals surface area contributed by atoms with Gasteiger partial charge in [0.25, 0.3) is 0 Å². The largest absolute Gasteiger partial charge is 0.358 e. The van der Waals surface area contributed by atoms with Gasteiger partial charge in [0.15, 0.2) is 0 Å². The summed E-state index contributed by atoms with van der Waals surface area (Å²) in [6.07, 6.45) is 7.72. The second-order valence-corrected chi connectivity index (χ2v) is 8.84. The van der Waals surface area contributed by atoms with Gasteiger partial charge in [-0.3, -0.25) is 4.90 Å². The topological polar surface area (TPSA) is 19.0 Å². The standard InChI is InChI=1S/C25H30N2/c1-27(2)25(20-8-4-3-5-9-20)16-14-19(15-17-25)24-23(18-12-13-18)21-10-6-7-11-22(21)26-24/h3-11,18-19,26H,12-17H2,1-2H3. The summed E-state index contributed by atoms with van der Waals surface area (Å²) in [7, 11) is 4.51. The highest BCUT2D eigenvalue weighted by Gasteiger charge is 2.41. The lowest BCUT2D eigenvalue weighted by Gasteiger charge is -2.45. The van der Waals surface area contributed by atoms with Crippen LogP contribution in [0.1, 0.15) is 67.2 Å². The molecule has 2 saturated carbocycles. The van der Waals surface area contributed by atoms with Gasteiger partial charge in [-0.1, -0.05) is 48.5 Å². The molecular weight excluding hydrogens is 328 g/mol. The Labute approximate surface area is 162 Å². The Morgan fingerprint density at radius 2 is 1.48 bits per heavy atom. The lowest BCUT2D eigenvalue weighted by Crippen LogP contribution is -2.44. The number of para-hydroxylation sites is 1. The summed E-state index contributed by atoms with van der Waals surface area (Å²) in [5.74, 6) is 1.47. The number of H-pyrrole nitrogens is 1. The fourth-order valence-electron chi connectivity index (χ4n) is 5.44. The lowest BCUT2D eigenvalue weighted by atomic mass is 9.70. The van der Waals surface area contributed by atoms with Gasteiger partial charge in [-0.15, -0.1) is 0 Å². The molecule has 3 aromatic rings. The summed E-state index contributed by atoms with van der Waals surface area (Å²) < 4.78 is 0. The summed E-state index contributed by atoms with van der Waals surface area (Å²) in [5, 5.41) is 1.47. The van der Waals surface area contributed by atoms with Gasteiger partial charge in [0, 0.05) is 22.1 Å². The van der Waals surface area contributed by atoms with Gasteiger partial charge in [0.2, 0.25) is 0 Å². The third-order valence-corrected chi connectivity index (χ3v) is 7.15. The highest BCUT2D eigenvalue weighted by Crippen LogP contribution is 2.51. The van der Waals surface area contributed by atoms with E-state index in [4.69, 9.17) is 0 Å². The number of nitrogens with one attached hydrogen (secondary N) is 1. The van der Waals surface area contributed by atoms with Gasteiger partial charge >= 0.3 is 0 Å². The van der Waals surface area contributed by atoms with Crippen LogP contribution in [-0.2, 0) is 5.54 Å². The zero-order valence-electron chi connectivity index (χ0n) is 16.5. The molecule has 0 saturated heterocycles. The van der Waals surface area contributed by atoms with Crippen LogP contribution in [0.15, 0.2) is 54.6 Å². The van der Waals surface area contributed by atoms with Crippen molar-refractivity contribution in [2.24, 2.45) is 0 Å². The normalized spacial score (nSPS) is 26.0. The van der Waals surface area contributed by atoms with E-state index in [-0.39, 0.29) is 5.54 Å². The minimum absolute atomic E-state index is 0.184. The van der Waals surface area contributed by atoms with Crippen molar-refractivity contribution in [2.45, 2.75) is 55.9 Å². The quantitative estimate of drug-likeness (QED) is 0.592. The summed E-state index contributed by atoms with van der Waals surface area (Å²) in [5.41, 5.74) is 6.20. The molecule has 1 N–H and O–H groups in total. The second-order valence-electron chi connectivity index (χ2n) is 8.84. The van der Waals surface area contributed by atoms with E-state index in [2.05, 4.69) is 78.6 Å². The number of hydrogen-bond donors (Lipinski definition) is 1. The van der Waals surface area contributed by atoms with Crippen molar-refractivity contribution in [3.05, 3.63) is 71.4 Å². The van der Waals surface area contributed by atoms with Crippen molar-refractivity contribution < 1.29 is 0 Å². The molecule has 2 aliphatic rings. The molecule has 0 unspecified atom stereocenters. The maximum absolute atomic E-state index is 3.84. The van der Waals surface area contributed by atoms with Crippen LogP contribution in [0, 0.1) is 0 Å². The van der Waals surface area contributed by atoms with Crippen molar-refractivity contribution in [2.75, 3.05) is 14.1 Å². The average molecular weight is 359 g/mol. The number of aromatic nitrogens is 1. The predicted octanol–water partition coefficient (Wildman–Crippen LogP) is 6.16. The highest BCUT2D eigenvalue weighted by atomic mass is 15.1. The number of benzene rings is 2. The molecule has 140 valence electrons. The third-order valence-electron chi connectivity index (χ3n) is 7.15. The molecular formula is C25H30N2. The number of nitrogens with zero attached hydrogens (tertiary/aromatic N) is 1. The first-order valence-electron chi connectivity index (χ1n) is 10.5. The Morgan fingerprint density at radius 3 is 2.15 bits per heavy atom. The first-order chi connectivity index (χ1) is 13.2. The van der Waals surface area contributed by atoms with E-state index in [0.717, 1.165) is 5.92 Å². The van der Waals surface area contributed by atoms with E-state index in [9.17, 15) is 0 Å².